The van der Waals surface area contributed by atoms with Crippen LogP contribution >= 0.6 is 11.6 Å². The summed E-state index contributed by atoms with van der Waals surface area (Å²) in [5, 5.41) is 7.26. The smallest absolute Gasteiger partial charge is 0.143 e. The van der Waals surface area contributed by atoms with Crippen molar-refractivity contribution in [2.45, 2.75) is 6.54 Å². The molecule has 0 amide bonds. The number of halogens is 2. The summed E-state index contributed by atoms with van der Waals surface area (Å²) in [5.74, 6) is -0.419. The molecule has 0 spiro atoms. The van der Waals surface area contributed by atoms with Crippen LogP contribution in [0, 0.1) is 5.82 Å². The van der Waals surface area contributed by atoms with E-state index >= 15 is 0 Å². The normalized spacial score (nSPS) is 10.4. The molecular weight excluding hydrogens is 229 g/mol. The van der Waals surface area contributed by atoms with Gasteiger partial charge in [0.05, 0.1) is 11.2 Å². The van der Waals surface area contributed by atoms with Crippen molar-refractivity contribution in [1.29, 1.82) is 0 Å². The summed E-state index contributed by atoms with van der Waals surface area (Å²) in [4.78, 5) is 0. The predicted molar refractivity (Wildman–Crippen MR) is 61.9 cm³/mol. The zero-order chi connectivity index (χ0) is 11.5. The first-order valence-corrected chi connectivity index (χ1v) is 5.19. The first-order chi connectivity index (χ1) is 7.65. The van der Waals surface area contributed by atoms with Gasteiger partial charge in [-0.2, -0.15) is 5.10 Å². The number of nitrogens with one attached hydrogen (secondary N) is 1. The lowest BCUT2D eigenvalue weighted by atomic mass is 10.3. The van der Waals surface area contributed by atoms with Gasteiger partial charge in [-0.1, -0.05) is 11.6 Å². The number of benzene rings is 1. The van der Waals surface area contributed by atoms with E-state index in [4.69, 9.17) is 11.6 Å². The minimum absolute atomic E-state index is 0.131. The van der Waals surface area contributed by atoms with E-state index in [0.29, 0.717) is 12.2 Å². The molecule has 0 saturated carbocycles. The second kappa shape index (κ2) is 4.53. The fourth-order valence-corrected chi connectivity index (χ4v) is 1.49. The van der Waals surface area contributed by atoms with Crippen LogP contribution in [0.3, 0.4) is 0 Å². The van der Waals surface area contributed by atoms with Crippen LogP contribution in [0.1, 0.15) is 5.56 Å². The van der Waals surface area contributed by atoms with Gasteiger partial charge in [0.2, 0.25) is 0 Å². The maximum atomic E-state index is 13.1. The minimum atomic E-state index is -0.419. The van der Waals surface area contributed by atoms with E-state index in [9.17, 15) is 4.39 Å². The largest absolute Gasteiger partial charge is 0.381 e. The van der Waals surface area contributed by atoms with E-state index in [0.717, 1.165) is 5.56 Å². The van der Waals surface area contributed by atoms with Crippen molar-refractivity contribution < 1.29 is 4.39 Å². The summed E-state index contributed by atoms with van der Waals surface area (Å²) in [6.45, 7) is 0.606. The molecule has 5 heteroatoms. The standard InChI is InChI=1S/C11H11ClFN3/c1-16-7-8(6-15-16)5-14-9-2-3-10(12)11(13)4-9/h2-4,6-7,14H,5H2,1H3. The van der Waals surface area contributed by atoms with Crippen LogP contribution in [0.15, 0.2) is 30.6 Å². The van der Waals surface area contributed by atoms with Crippen LogP contribution in [0.2, 0.25) is 5.02 Å². The number of anilines is 1. The van der Waals surface area contributed by atoms with Gasteiger partial charge in [-0.15, -0.1) is 0 Å². The zero-order valence-corrected chi connectivity index (χ0v) is 9.50. The van der Waals surface area contributed by atoms with Crippen molar-refractivity contribution in [2.75, 3.05) is 5.32 Å². The SMILES string of the molecule is Cn1cc(CNc2ccc(Cl)c(F)c2)cn1. The van der Waals surface area contributed by atoms with Crippen LogP contribution in [0.25, 0.3) is 0 Å². The Hall–Kier alpha value is -1.55. The van der Waals surface area contributed by atoms with Crippen molar-refractivity contribution in [2.24, 2.45) is 7.05 Å². The average Bonchev–Trinajstić information content (AvgIpc) is 2.66. The molecule has 1 N–H and O–H groups in total. The first kappa shape index (κ1) is 11.0. The fraction of sp³-hybridized carbons (Fsp3) is 0.182. The van der Waals surface area contributed by atoms with E-state index in [2.05, 4.69) is 10.4 Å². The molecule has 2 rings (SSSR count). The average molecular weight is 240 g/mol. The Balaban J connectivity index is 2.02. The molecule has 84 valence electrons. The van der Waals surface area contributed by atoms with E-state index in [-0.39, 0.29) is 5.02 Å². The van der Waals surface area contributed by atoms with Crippen LogP contribution < -0.4 is 5.32 Å². The third kappa shape index (κ3) is 2.52. The minimum Gasteiger partial charge on any atom is -0.381 e. The quantitative estimate of drug-likeness (QED) is 0.893. The predicted octanol–water partition coefficient (Wildman–Crippen LogP) is 2.82. The molecule has 0 aliphatic carbocycles. The molecule has 0 radical (unpaired) electrons. The maximum absolute atomic E-state index is 13.1. The van der Waals surface area contributed by atoms with Crippen molar-refractivity contribution in [3.05, 3.63) is 47.0 Å². The molecule has 2 aromatic rings. The number of hydrogen-bond donors (Lipinski definition) is 1. The Labute approximate surface area is 97.8 Å². The molecule has 0 aliphatic heterocycles. The molecule has 0 saturated heterocycles. The fourth-order valence-electron chi connectivity index (χ4n) is 1.37. The summed E-state index contributed by atoms with van der Waals surface area (Å²) in [5.41, 5.74) is 1.74. The Morgan fingerprint density at radius 2 is 2.31 bits per heavy atom. The second-order valence-electron chi connectivity index (χ2n) is 3.50. The molecule has 1 heterocycles. The Kier molecular flexibility index (Phi) is 3.10. The van der Waals surface area contributed by atoms with E-state index in [1.807, 2.05) is 13.2 Å². The summed E-state index contributed by atoms with van der Waals surface area (Å²) in [7, 11) is 1.85. The van der Waals surface area contributed by atoms with Gasteiger partial charge in [-0.25, -0.2) is 4.39 Å². The van der Waals surface area contributed by atoms with E-state index in [1.165, 1.54) is 12.1 Å². The highest BCUT2D eigenvalue weighted by Crippen LogP contribution is 2.19. The van der Waals surface area contributed by atoms with Gasteiger partial charge in [0.25, 0.3) is 0 Å². The van der Waals surface area contributed by atoms with Crippen molar-refractivity contribution in [1.82, 2.24) is 9.78 Å². The number of aryl methyl sites for hydroxylation is 1. The summed E-state index contributed by atoms with van der Waals surface area (Å²) < 4.78 is 14.8. The number of nitrogens with zero attached hydrogens (tertiary/aromatic N) is 2. The highest BCUT2D eigenvalue weighted by molar-refractivity contribution is 6.30. The number of hydrogen-bond acceptors (Lipinski definition) is 2. The van der Waals surface area contributed by atoms with Crippen molar-refractivity contribution in [3.63, 3.8) is 0 Å². The third-order valence-electron chi connectivity index (χ3n) is 2.17. The van der Waals surface area contributed by atoms with Crippen LogP contribution in [0.5, 0.6) is 0 Å². The topological polar surface area (TPSA) is 29.9 Å². The molecule has 0 fully saturated rings. The van der Waals surface area contributed by atoms with Gasteiger partial charge in [0, 0.05) is 31.0 Å². The molecule has 0 unspecified atom stereocenters. The summed E-state index contributed by atoms with van der Waals surface area (Å²) >= 11 is 5.59. The first-order valence-electron chi connectivity index (χ1n) is 4.81. The van der Waals surface area contributed by atoms with Gasteiger partial charge >= 0.3 is 0 Å². The van der Waals surface area contributed by atoms with Gasteiger partial charge < -0.3 is 5.32 Å². The monoisotopic (exact) mass is 239 g/mol. The molecular formula is C11H11ClFN3. The molecule has 0 aliphatic rings. The Morgan fingerprint density at radius 3 is 2.94 bits per heavy atom. The van der Waals surface area contributed by atoms with Gasteiger partial charge in [0.15, 0.2) is 0 Å². The van der Waals surface area contributed by atoms with E-state index < -0.39 is 5.82 Å². The van der Waals surface area contributed by atoms with Crippen LogP contribution in [-0.4, -0.2) is 9.78 Å². The highest BCUT2D eigenvalue weighted by atomic mass is 35.5. The van der Waals surface area contributed by atoms with Crippen LogP contribution in [-0.2, 0) is 13.6 Å². The molecule has 0 bridgehead atoms. The number of rotatable bonds is 3. The van der Waals surface area contributed by atoms with Crippen LogP contribution in [0.4, 0.5) is 10.1 Å². The lowest BCUT2D eigenvalue weighted by molar-refractivity contribution is 0.628. The second-order valence-corrected chi connectivity index (χ2v) is 3.91. The molecule has 1 aromatic carbocycles. The third-order valence-corrected chi connectivity index (χ3v) is 2.48. The Bertz CT molecular complexity index is 496. The van der Waals surface area contributed by atoms with Crippen molar-refractivity contribution >= 4 is 17.3 Å². The molecule has 0 atom stereocenters. The lowest BCUT2D eigenvalue weighted by Gasteiger charge is -2.05. The lowest BCUT2D eigenvalue weighted by Crippen LogP contribution is -1.98. The van der Waals surface area contributed by atoms with Gasteiger partial charge in [0.1, 0.15) is 5.82 Å². The van der Waals surface area contributed by atoms with Crippen molar-refractivity contribution in [3.8, 4) is 0 Å². The maximum Gasteiger partial charge on any atom is 0.143 e. The number of aromatic nitrogens is 2. The highest BCUT2D eigenvalue weighted by Gasteiger charge is 2.01. The summed E-state index contributed by atoms with van der Waals surface area (Å²) in [6.07, 6.45) is 3.67. The van der Waals surface area contributed by atoms with Gasteiger partial charge in [-0.3, -0.25) is 4.68 Å². The van der Waals surface area contributed by atoms with E-state index in [1.54, 1.807) is 16.9 Å². The van der Waals surface area contributed by atoms with Gasteiger partial charge in [-0.05, 0) is 18.2 Å². The molecule has 16 heavy (non-hydrogen) atoms. The zero-order valence-electron chi connectivity index (χ0n) is 8.74. The molecule has 3 nitrogen and oxygen atoms in total. The Morgan fingerprint density at radius 1 is 1.50 bits per heavy atom. The summed E-state index contributed by atoms with van der Waals surface area (Å²) in [6, 6.07) is 4.64. The molecule has 1 aromatic heterocycles.